The molecular formula is C22H22N2O4S. The van der Waals surface area contributed by atoms with E-state index in [1.165, 1.54) is 7.11 Å². The number of nitrogens with one attached hydrogen (secondary N) is 2. The first-order valence-electron chi connectivity index (χ1n) is 8.94. The zero-order valence-electron chi connectivity index (χ0n) is 16.4. The van der Waals surface area contributed by atoms with Crippen molar-refractivity contribution in [1.82, 2.24) is 0 Å². The van der Waals surface area contributed by atoms with Crippen LogP contribution in [0.1, 0.15) is 21.5 Å². The van der Waals surface area contributed by atoms with Crippen LogP contribution in [-0.4, -0.2) is 21.4 Å². The second-order valence-corrected chi connectivity index (χ2v) is 8.26. The van der Waals surface area contributed by atoms with Crippen molar-refractivity contribution >= 4 is 27.3 Å². The Morgan fingerprint density at radius 3 is 2.31 bits per heavy atom. The summed E-state index contributed by atoms with van der Waals surface area (Å²) in [5.41, 5.74) is 2.85. The predicted octanol–water partition coefficient (Wildman–Crippen LogP) is 4.37. The van der Waals surface area contributed by atoms with Crippen LogP contribution in [0.15, 0.2) is 71.6 Å². The van der Waals surface area contributed by atoms with Gasteiger partial charge in [0, 0.05) is 11.3 Å². The molecule has 6 nitrogen and oxygen atoms in total. The second-order valence-electron chi connectivity index (χ2n) is 6.61. The molecule has 2 N–H and O–H groups in total. The van der Waals surface area contributed by atoms with Crippen LogP contribution in [-0.2, 0) is 10.0 Å². The molecule has 0 unspecified atom stereocenters. The molecule has 0 radical (unpaired) electrons. The number of benzene rings is 3. The Bertz CT molecular complexity index is 1140. The molecular weight excluding hydrogens is 388 g/mol. The summed E-state index contributed by atoms with van der Waals surface area (Å²) >= 11 is 0. The van der Waals surface area contributed by atoms with Crippen molar-refractivity contribution in [3.05, 3.63) is 83.4 Å². The Kier molecular flexibility index (Phi) is 5.89. The Labute approximate surface area is 170 Å². The predicted molar refractivity (Wildman–Crippen MR) is 114 cm³/mol. The summed E-state index contributed by atoms with van der Waals surface area (Å²) < 4.78 is 33.2. The fourth-order valence-corrected chi connectivity index (χ4v) is 4.23. The average molecular weight is 410 g/mol. The number of carbonyl (C=O) groups excluding carboxylic acids is 1. The van der Waals surface area contributed by atoms with Crippen molar-refractivity contribution in [2.45, 2.75) is 18.7 Å². The number of amides is 1. The van der Waals surface area contributed by atoms with Crippen LogP contribution in [0.5, 0.6) is 5.75 Å². The lowest BCUT2D eigenvalue weighted by Gasteiger charge is -2.12. The SMILES string of the molecule is COc1ccccc1NC(=O)c1ccc(NS(=O)(=O)c2cc(C)ccc2C)cc1. The Morgan fingerprint density at radius 2 is 1.62 bits per heavy atom. The van der Waals surface area contributed by atoms with Crippen LogP contribution in [0.4, 0.5) is 11.4 Å². The molecule has 29 heavy (non-hydrogen) atoms. The van der Waals surface area contributed by atoms with E-state index in [-0.39, 0.29) is 10.8 Å². The molecule has 0 atom stereocenters. The molecule has 0 saturated carbocycles. The normalized spacial score (nSPS) is 11.0. The van der Waals surface area contributed by atoms with E-state index in [9.17, 15) is 13.2 Å². The highest BCUT2D eigenvalue weighted by molar-refractivity contribution is 7.92. The lowest BCUT2D eigenvalue weighted by atomic mass is 10.2. The van der Waals surface area contributed by atoms with Gasteiger partial charge in [-0.25, -0.2) is 8.42 Å². The fraction of sp³-hybridized carbons (Fsp3) is 0.136. The number of hydrogen-bond donors (Lipinski definition) is 2. The quantitative estimate of drug-likeness (QED) is 0.632. The first-order chi connectivity index (χ1) is 13.8. The third-order valence-electron chi connectivity index (χ3n) is 4.39. The van der Waals surface area contributed by atoms with Crippen LogP contribution in [0.25, 0.3) is 0 Å². The van der Waals surface area contributed by atoms with Gasteiger partial charge in [-0.3, -0.25) is 9.52 Å². The zero-order chi connectivity index (χ0) is 21.0. The number of methoxy groups -OCH3 is 1. The molecule has 3 aromatic carbocycles. The molecule has 0 aromatic heterocycles. The number of sulfonamides is 1. The second kappa shape index (κ2) is 8.36. The molecule has 7 heteroatoms. The summed E-state index contributed by atoms with van der Waals surface area (Å²) in [6, 6.07) is 18.6. The van der Waals surface area contributed by atoms with Crippen LogP contribution in [0.3, 0.4) is 0 Å². The van der Waals surface area contributed by atoms with Crippen molar-refractivity contribution in [1.29, 1.82) is 0 Å². The summed E-state index contributed by atoms with van der Waals surface area (Å²) in [4.78, 5) is 12.7. The topological polar surface area (TPSA) is 84.5 Å². The molecule has 0 aliphatic heterocycles. The smallest absolute Gasteiger partial charge is 0.262 e. The Balaban J connectivity index is 1.76. The fourth-order valence-electron chi connectivity index (χ4n) is 2.84. The van der Waals surface area contributed by atoms with E-state index in [1.54, 1.807) is 61.5 Å². The monoisotopic (exact) mass is 410 g/mol. The van der Waals surface area contributed by atoms with Gasteiger partial charge >= 0.3 is 0 Å². The van der Waals surface area contributed by atoms with E-state index < -0.39 is 10.0 Å². The van der Waals surface area contributed by atoms with Crippen LogP contribution in [0, 0.1) is 13.8 Å². The van der Waals surface area contributed by atoms with Gasteiger partial charge in [-0.2, -0.15) is 0 Å². The first-order valence-corrected chi connectivity index (χ1v) is 10.4. The number of anilines is 2. The highest BCUT2D eigenvalue weighted by atomic mass is 32.2. The van der Waals surface area contributed by atoms with Crippen molar-refractivity contribution in [3.63, 3.8) is 0 Å². The standard InChI is InChI=1S/C22H22N2O4S/c1-15-8-9-16(2)21(14-15)29(26,27)24-18-12-10-17(11-13-18)22(25)23-19-6-4-5-7-20(19)28-3/h4-14,24H,1-3H3,(H,23,25). The third kappa shape index (κ3) is 4.75. The number of aryl methyl sites for hydroxylation is 2. The minimum atomic E-state index is -3.72. The minimum Gasteiger partial charge on any atom is -0.495 e. The first kappa shape index (κ1) is 20.4. The van der Waals surface area contributed by atoms with E-state index in [1.807, 2.05) is 19.1 Å². The molecule has 1 amide bonds. The summed E-state index contributed by atoms with van der Waals surface area (Å²) in [6.45, 7) is 3.59. The van der Waals surface area contributed by atoms with E-state index in [0.717, 1.165) is 5.56 Å². The largest absolute Gasteiger partial charge is 0.495 e. The third-order valence-corrected chi connectivity index (χ3v) is 5.91. The summed E-state index contributed by atoms with van der Waals surface area (Å²) in [5, 5.41) is 2.78. The Hall–Kier alpha value is -3.32. The maximum absolute atomic E-state index is 12.7. The van der Waals surface area contributed by atoms with Gasteiger partial charge in [-0.05, 0) is 67.4 Å². The van der Waals surface area contributed by atoms with Gasteiger partial charge in [-0.1, -0.05) is 24.3 Å². The molecule has 3 rings (SSSR count). The number of para-hydroxylation sites is 2. The molecule has 0 spiro atoms. The van der Waals surface area contributed by atoms with Crippen LogP contribution < -0.4 is 14.8 Å². The maximum Gasteiger partial charge on any atom is 0.262 e. The van der Waals surface area contributed by atoms with Gasteiger partial charge in [0.1, 0.15) is 5.75 Å². The molecule has 0 fully saturated rings. The maximum atomic E-state index is 12.7. The van der Waals surface area contributed by atoms with Gasteiger partial charge < -0.3 is 10.1 Å². The molecule has 150 valence electrons. The highest BCUT2D eigenvalue weighted by Gasteiger charge is 2.17. The zero-order valence-corrected chi connectivity index (χ0v) is 17.2. The van der Waals surface area contributed by atoms with Crippen LogP contribution >= 0.6 is 0 Å². The molecule has 0 aliphatic rings. The lowest BCUT2D eigenvalue weighted by Crippen LogP contribution is -2.15. The number of ether oxygens (including phenoxy) is 1. The van der Waals surface area contributed by atoms with E-state index in [0.29, 0.717) is 28.3 Å². The van der Waals surface area contributed by atoms with Crippen molar-refractivity contribution in [2.24, 2.45) is 0 Å². The van der Waals surface area contributed by atoms with E-state index in [4.69, 9.17) is 4.74 Å². The molecule has 0 heterocycles. The molecule has 3 aromatic rings. The summed E-state index contributed by atoms with van der Waals surface area (Å²) in [7, 11) is -2.19. The van der Waals surface area contributed by atoms with E-state index >= 15 is 0 Å². The minimum absolute atomic E-state index is 0.232. The van der Waals surface area contributed by atoms with Crippen molar-refractivity contribution < 1.29 is 17.9 Å². The molecule has 0 aliphatic carbocycles. The van der Waals surface area contributed by atoms with Crippen molar-refractivity contribution in [2.75, 3.05) is 17.1 Å². The number of hydrogen-bond acceptors (Lipinski definition) is 4. The van der Waals surface area contributed by atoms with E-state index in [2.05, 4.69) is 10.0 Å². The van der Waals surface area contributed by atoms with Gasteiger partial charge in [0.2, 0.25) is 0 Å². The van der Waals surface area contributed by atoms with Gasteiger partial charge in [0.05, 0.1) is 17.7 Å². The summed E-state index contributed by atoms with van der Waals surface area (Å²) in [6.07, 6.45) is 0. The highest BCUT2D eigenvalue weighted by Crippen LogP contribution is 2.24. The Morgan fingerprint density at radius 1 is 0.931 bits per heavy atom. The van der Waals surface area contributed by atoms with Gasteiger partial charge in [0.25, 0.3) is 15.9 Å². The molecule has 0 bridgehead atoms. The van der Waals surface area contributed by atoms with Gasteiger partial charge in [-0.15, -0.1) is 0 Å². The average Bonchev–Trinajstić information content (AvgIpc) is 2.70. The van der Waals surface area contributed by atoms with Gasteiger partial charge in [0.15, 0.2) is 0 Å². The molecule has 0 saturated heterocycles. The summed E-state index contributed by atoms with van der Waals surface area (Å²) in [5.74, 6) is 0.234. The van der Waals surface area contributed by atoms with Crippen LogP contribution in [0.2, 0.25) is 0 Å². The number of rotatable bonds is 6. The van der Waals surface area contributed by atoms with Crippen molar-refractivity contribution in [3.8, 4) is 5.75 Å². The lowest BCUT2D eigenvalue weighted by molar-refractivity contribution is 0.102. The number of carbonyl (C=O) groups is 1.